The molecule has 1 saturated heterocycles. The van der Waals surface area contributed by atoms with Gasteiger partial charge in [0.05, 0.1) is 0 Å². The van der Waals surface area contributed by atoms with Gasteiger partial charge in [-0.15, -0.1) is 0 Å². The minimum Gasteiger partial charge on any atom is -0.380 e. The molecular weight excluding hydrogens is 298 g/mol. The third kappa shape index (κ3) is 2.64. The molecule has 3 N–H and O–H groups in total. The lowest BCUT2D eigenvalue weighted by molar-refractivity contribution is -0.138. The largest absolute Gasteiger partial charge is 0.380 e. The topological polar surface area (TPSA) is 79.5 Å². The predicted octanol–water partition coefficient (Wildman–Crippen LogP) is 0.969. The van der Waals surface area contributed by atoms with Crippen LogP contribution in [0.3, 0.4) is 0 Å². The first kappa shape index (κ1) is 13.3. The molecule has 0 aliphatic carbocycles. The molecule has 1 aromatic heterocycles. The van der Waals surface area contributed by atoms with Gasteiger partial charge in [-0.3, -0.25) is 4.79 Å². The Kier molecular flexibility index (Phi) is 3.59. The summed E-state index contributed by atoms with van der Waals surface area (Å²) in [5, 5.41) is 9.99. The van der Waals surface area contributed by atoms with Crippen molar-refractivity contribution >= 4 is 27.7 Å². The summed E-state index contributed by atoms with van der Waals surface area (Å²) in [6, 6.07) is 3.87. The van der Waals surface area contributed by atoms with Crippen LogP contribution < -0.4 is 10.6 Å². The van der Waals surface area contributed by atoms with Crippen molar-refractivity contribution in [2.24, 2.45) is 5.73 Å². The summed E-state index contributed by atoms with van der Waals surface area (Å²) in [7, 11) is 0. The highest BCUT2D eigenvalue weighted by atomic mass is 79.9. The van der Waals surface area contributed by atoms with Crippen LogP contribution in [0, 0.1) is 6.92 Å². The molecule has 0 saturated carbocycles. The molecular formula is C12H16BrN3O2. The summed E-state index contributed by atoms with van der Waals surface area (Å²) in [5.41, 5.74) is 4.77. The zero-order valence-corrected chi connectivity index (χ0v) is 11.8. The molecule has 0 atom stereocenters. The molecule has 5 nitrogen and oxygen atoms in total. The number of hydrogen-bond acceptors (Lipinski definition) is 4. The van der Waals surface area contributed by atoms with Gasteiger partial charge in [0.2, 0.25) is 5.91 Å². The highest BCUT2D eigenvalue weighted by Crippen LogP contribution is 2.26. The van der Waals surface area contributed by atoms with Crippen molar-refractivity contribution in [2.45, 2.75) is 25.4 Å². The first-order chi connectivity index (χ1) is 8.40. The van der Waals surface area contributed by atoms with Crippen LogP contribution in [0.4, 0.5) is 5.82 Å². The number of nitrogens with zero attached hydrogens (tertiary/aromatic N) is 2. The van der Waals surface area contributed by atoms with E-state index in [4.69, 9.17) is 5.73 Å². The molecule has 0 spiro atoms. The van der Waals surface area contributed by atoms with E-state index in [1.807, 2.05) is 19.1 Å². The van der Waals surface area contributed by atoms with Gasteiger partial charge in [0.15, 0.2) is 0 Å². The maximum Gasteiger partial charge on any atom is 0.249 e. The van der Waals surface area contributed by atoms with Crippen LogP contribution in [-0.4, -0.2) is 34.7 Å². The normalized spacial score (nSPS) is 18.7. The van der Waals surface area contributed by atoms with Crippen LogP contribution in [-0.2, 0) is 4.79 Å². The lowest BCUT2D eigenvalue weighted by Gasteiger charge is -2.36. The maximum atomic E-state index is 11.2. The van der Waals surface area contributed by atoms with Crippen LogP contribution in [0.5, 0.6) is 0 Å². The number of primary amides is 1. The molecule has 18 heavy (non-hydrogen) atoms. The highest BCUT2D eigenvalue weighted by Gasteiger charge is 2.37. The number of halogens is 1. The lowest BCUT2D eigenvalue weighted by atomic mass is 9.91. The third-order valence-electron chi connectivity index (χ3n) is 3.28. The quantitative estimate of drug-likeness (QED) is 0.852. The Bertz CT molecular complexity index is 450. The number of aliphatic hydroxyl groups is 1. The van der Waals surface area contributed by atoms with E-state index in [1.54, 1.807) is 0 Å². The molecule has 0 radical (unpaired) electrons. The van der Waals surface area contributed by atoms with E-state index in [0.29, 0.717) is 25.9 Å². The maximum absolute atomic E-state index is 11.2. The van der Waals surface area contributed by atoms with Gasteiger partial charge in [-0.1, -0.05) is 15.9 Å². The van der Waals surface area contributed by atoms with Crippen molar-refractivity contribution in [3.8, 4) is 0 Å². The standard InChI is InChI=1S/C12H16BrN3O2/c1-8-6-9(13)7-10(15-8)16-4-2-12(18,3-5-16)11(14)17/h6-7,18H,2-5H2,1H3,(H2,14,17). The fourth-order valence-corrected chi connectivity index (χ4v) is 2.66. The Morgan fingerprint density at radius 3 is 2.61 bits per heavy atom. The van der Waals surface area contributed by atoms with E-state index >= 15 is 0 Å². The first-order valence-corrected chi connectivity index (χ1v) is 6.61. The van der Waals surface area contributed by atoms with Gasteiger partial charge in [-0.25, -0.2) is 4.98 Å². The van der Waals surface area contributed by atoms with Crippen molar-refractivity contribution in [1.29, 1.82) is 0 Å². The number of nitrogens with two attached hydrogens (primary N) is 1. The number of aromatic nitrogens is 1. The minimum atomic E-state index is -1.36. The summed E-state index contributed by atoms with van der Waals surface area (Å²) in [6.45, 7) is 3.07. The second kappa shape index (κ2) is 4.85. The molecule has 1 aliphatic heterocycles. The Balaban J connectivity index is 2.12. The molecule has 98 valence electrons. The number of rotatable bonds is 2. The average molecular weight is 314 g/mol. The lowest BCUT2D eigenvalue weighted by Crippen LogP contribution is -2.52. The Labute approximate surface area is 114 Å². The number of piperidine rings is 1. The van der Waals surface area contributed by atoms with Crippen molar-refractivity contribution in [3.05, 3.63) is 22.3 Å². The van der Waals surface area contributed by atoms with E-state index in [1.165, 1.54) is 0 Å². The zero-order chi connectivity index (χ0) is 13.3. The van der Waals surface area contributed by atoms with E-state index in [9.17, 15) is 9.90 Å². The van der Waals surface area contributed by atoms with Crippen LogP contribution in [0.2, 0.25) is 0 Å². The Morgan fingerprint density at radius 1 is 1.50 bits per heavy atom. The van der Waals surface area contributed by atoms with Gasteiger partial charge in [-0.2, -0.15) is 0 Å². The third-order valence-corrected chi connectivity index (χ3v) is 3.74. The fourth-order valence-electron chi connectivity index (χ4n) is 2.12. The molecule has 2 rings (SSSR count). The molecule has 2 heterocycles. The highest BCUT2D eigenvalue weighted by molar-refractivity contribution is 9.10. The van der Waals surface area contributed by atoms with E-state index in [2.05, 4.69) is 25.8 Å². The number of carbonyl (C=O) groups excluding carboxylic acids is 1. The number of amides is 1. The van der Waals surface area contributed by atoms with Gasteiger partial charge < -0.3 is 15.7 Å². The molecule has 1 fully saturated rings. The van der Waals surface area contributed by atoms with Gasteiger partial charge in [-0.05, 0) is 19.1 Å². The van der Waals surface area contributed by atoms with Crippen LogP contribution in [0.25, 0.3) is 0 Å². The number of pyridine rings is 1. The van der Waals surface area contributed by atoms with Crippen LogP contribution in [0.1, 0.15) is 18.5 Å². The number of hydrogen-bond donors (Lipinski definition) is 2. The Hall–Kier alpha value is -1.14. The molecule has 1 aromatic rings. The monoisotopic (exact) mass is 313 g/mol. The number of anilines is 1. The molecule has 1 aliphatic rings. The minimum absolute atomic E-state index is 0.343. The fraction of sp³-hybridized carbons (Fsp3) is 0.500. The number of carbonyl (C=O) groups is 1. The van der Waals surface area contributed by atoms with E-state index < -0.39 is 11.5 Å². The molecule has 0 aromatic carbocycles. The van der Waals surface area contributed by atoms with Gasteiger partial charge in [0.1, 0.15) is 11.4 Å². The zero-order valence-electron chi connectivity index (χ0n) is 10.2. The molecule has 6 heteroatoms. The summed E-state index contributed by atoms with van der Waals surface area (Å²) < 4.78 is 0.973. The summed E-state index contributed by atoms with van der Waals surface area (Å²) in [4.78, 5) is 17.7. The van der Waals surface area contributed by atoms with Gasteiger partial charge in [0.25, 0.3) is 0 Å². The van der Waals surface area contributed by atoms with Crippen LogP contribution in [0.15, 0.2) is 16.6 Å². The molecule has 1 amide bonds. The van der Waals surface area contributed by atoms with Crippen molar-refractivity contribution in [1.82, 2.24) is 4.98 Å². The van der Waals surface area contributed by atoms with Gasteiger partial charge in [0, 0.05) is 36.1 Å². The smallest absolute Gasteiger partial charge is 0.249 e. The summed E-state index contributed by atoms with van der Waals surface area (Å²) in [6.07, 6.45) is 0.686. The summed E-state index contributed by atoms with van der Waals surface area (Å²) in [5.74, 6) is 0.217. The second-order valence-electron chi connectivity index (χ2n) is 4.67. The Morgan fingerprint density at radius 2 is 2.11 bits per heavy atom. The van der Waals surface area contributed by atoms with E-state index in [0.717, 1.165) is 16.0 Å². The van der Waals surface area contributed by atoms with Crippen molar-refractivity contribution < 1.29 is 9.90 Å². The predicted molar refractivity (Wildman–Crippen MR) is 72.3 cm³/mol. The van der Waals surface area contributed by atoms with Crippen molar-refractivity contribution in [3.63, 3.8) is 0 Å². The summed E-state index contributed by atoms with van der Waals surface area (Å²) >= 11 is 3.44. The van der Waals surface area contributed by atoms with Crippen molar-refractivity contribution in [2.75, 3.05) is 18.0 Å². The second-order valence-corrected chi connectivity index (χ2v) is 5.58. The first-order valence-electron chi connectivity index (χ1n) is 5.82. The van der Waals surface area contributed by atoms with E-state index in [-0.39, 0.29) is 0 Å². The molecule has 0 bridgehead atoms. The number of aryl methyl sites for hydroxylation is 1. The SMILES string of the molecule is Cc1cc(Br)cc(N2CCC(O)(C(N)=O)CC2)n1. The van der Waals surface area contributed by atoms with Crippen LogP contribution >= 0.6 is 15.9 Å². The van der Waals surface area contributed by atoms with Gasteiger partial charge >= 0.3 is 0 Å². The molecule has 0 unspecified atom stereocenters. The average Bonchev–Trinajstić information content (AvgIpc) is 2.28.